The lowest BCUT2D eigenvalue weighted by molar-refractivity contribution is 0.609. The smallest absolute Gasteiger partial charge is 0.185 e. The zero-order valence-electron chi connectivity index (χ0n) is 9.38. The second kappa shape index (κ2) is 4.41. The molecule has 0 saturated carbocycles. The standard InChI is InChI=1S/C10H13N3O2S/c1-12(2)13-6-4-5-9(13)7-10(8-11)16(3,14)15/h4-7H,1-3H3/b10-7-. The Hall–Kier alpha value is -1.74. The summed E-state index contributed by atoms with van der Waals surface area (Å²) in [6, 6.07) is 5.21. The number of rotatable bonds is 3. The third-order valence-corrected chi connectivity index (χ3v) is 2.99. The van der Waals surface area contributed by atoms with E-state index in [4.69, 9.17) is 5.26 Å². The molecule has 0 saturated heterocycles. The van der Waals surface area contributed by atoms with Gasteiger partial charge in [-0.25, -0.2) is 8.42 Å². The van der Waals surface area contributed by atoms with Crippen LogP contribution in [0, 0.1) is 11.3 Å². The van der Waals surface area contributed by atoms with Gasteiger partial charge in [0.25, 0.3) is 0 Å². The molecule has 0 aliphatic heterocycles. The summed E-state index contributed by atoms with van der Waals surface area (Å²) in [5.41, 5.74) is 0.645. The van der Waals surface area contributed by atoms with Crippen molar-refractivity contribution >= 4 is 15.9 Å². The lowest BCUT2D eigenvalue weighted by Gasteiger charge is -2.16. The van der Waals surface area contributed by atoms with Crippen LogP contribution in [0.4, 0.5) is 0 Å². The topological polar surface area (TPSA) is 66.1 Å². The van der Waals surface area contributed by atoms with Gasteiger partial charge in [-0.1, -0.05) is 0 Å². The summed E-state index contributed by atoms with van der Waals surface area (Å²) >= 11 is 0. The highest BCUT2D eigenvalue weighted by Crippen LogP contribution is 2.11. The van der Waals surface area contributed by atoms with E-state index in [1.165, 1.54) is 6.08 Å². The molecule has 1 aromatic rings. The molecule has 1 heterocycles. The predicted molar refractivity (Wildman–Crippen MR) is 62.9 cm³/mol. The molecule has 0 bridgehead atoms. The Labute approximate surface area is 95.1 Å². The third-order valence-electron chi connectivity index (χ3n) is 1.98. The molecule has 0 N–H and O–H groups in total. The van der Waals surface area contributed by atoms with Crippen molar-refractivity contribution in [2.75, 3.05) is 25.4 Å². The number of sulfone groups is 1. The molecule has 1 rings (SSSR count). The van der Waals surface area contributed by atoms with Crippen molar-refractivity contribution in [2.24, 2.45) is 0 Å². The highest BCUT2D eigenvalue weighted by atomic mass is 32.2. The molecule has 0 aliphatic carbocycles. The van der Waals surface area contributed by atoms with Gasteiger partial charge in [-0.3, -0.25) is 4.68 Å². The average molecular weight is 239 g/mol. The Bertz CT molecular complexity index is 547. The van der Waals surface area contributed by atoms with Crippen molar-refractivity contribution in [1.82, 2.24) is 4.68 Å². The first-order valence-electron chi connectivity index (χ1n) is 4.53. The number of aromatic nitrogens is 1. The summed E-state index contributed by atoms with van der Waals surface area (Å²) in [4.78, 5) is -0.241. The van der Waals surface area contributed by atoms with Crippen LogP contribution in [0.1, 0.15) is 5.69 Å². The molecule has 0 radical (unpaired) electrons. The quantitative estimate of drug-likeness (QED) is 0.724. The van der Waals surface area contributed by atoms with Crippen LogP contribution in [0.5, 0.6) is 0 Å². The van der Waals surface area contributed by atoms with Gasteiger partial charge in [0.1, 0.15) is 11.0 Å². The van der Waals surface area contributed by atoms with Gasteiger partial charge in [0, 0.05) is 26.5 Å². The largest absolute Gasteiger partial charge is 0.319 e. The fourth-order valence-electron chi connectivity index (χ4n) is 1.22. The molecule has 0 unspecified atom stereocenters. The minimum absolute atomic E-state index is 0.241. The van der Waals surface area contributed by atoms with Crippen LogP contribution >= 0.6 is 0 Å². The molecule has 0 spiro atoms. The second-order valence-corrected chi connectivity index (χ2v) is 5.50. The first-order valence-corrected chi connectivity index (χ1v) is 6.42. The van der Waals surface area contributed by atoms with Crippen molar-refractivity contribution in [3.63, 3.8) is 0 Å². The molecule has 5 nitrogen and oxygen atoms in total. The van der Waals surface area contributed by atoms with Crippen molar-refractivity contribution < 1.29 is 8.42 Å². The fraction of sp³-hybridized carbons (Fsp3) is 0.300. The van der Waals surface area contributed by atoms with Crippen molar-refractivity contribution in [3.8, 4) is 6.07 Å². The van der Waals surface area contributed by atoms with Crippen LogP contribution in [0.3, 0.4) is 0 Å². The molecular formula is C10H13N3O2S. The lowest BCUT2D eigenvalue weighted by Crippen LogP contribution is -2.24. The highest BCUT2D eigenvalue weighted by Gasteiger charge is 2.11. The highest BCUT2D eigenvalue weighted by molar-refractivity contribution is 7.95. The number of allylic oxidation sites excluding steroid dienone is 1. The number of hydrogen-bond acceptors (Lipinski definition) is 4. The summed E-state index contributed by atoms with van der Waals surface area (Å²) in [6.07, 6.45) is 4.16. The van der Waals surface area contributed by atoms with Crippen molar-refractivity contribution in [3.05, 3.63) is 28.9 Å². The molecule has 0 aliphatic rings. The van der Waals surface area contributed by atoms with Gasteiger partial charge in [0.15, 0.2) is 9.84 Å². The SMILES string of the molecule is CN(C)n1cccc1/C=C(/C#N)S(C)(=O)=O. The van der Waals surface area contributed by atoms with Gasteiger partial charge in [-0.2, -0.15) is 5.26 Å². The van der Waals surface area contributed by atoms with Crippen LogP contribution in [0.25, 0.3) is 6.08 Å². The Morgan fingerprint density at radius 1 is 1.56 bits per heavy atom. The van der Waals surface area contributed by atoms with Crippen LogP contribution in [0.2, 0.25) is 0 Å². The molecule has 6 heteroatoms. The molecule has 0 fully saturated rings. The second-order valence-electron chi connectivity index (χ2n) is 3.52. The maximum atomic E-state index is 11.3. The van der Waals surface area contributed by atoms with Gasteiger partial charge < -0.3 is 5.01 Å². The lowest BCUT2D eigenvalue weighted by atomic mass is 10.4. The van der Waals surface area contributed by atoms with Crippen LogP contribution in [-0.4, -0.2) is 33.4 Å². The number of nitriles is 1. The van der Waals surface area contributed by atoms with Crippen molar-refractivity contribution in [1.29, 1.82) is 5.26 Å². The van der Waals surface area contributed by atoms with Gasteiger partial charge in [-0.05, 0) is 18.2 Å². The normalized spacial score (nSPS) is 12.2. The van der Waals surface area contributed by atoms with E-state index in [1.54, 1.807) is 34.1 Å². The number of hydrogen-bond donors (Lipinski definition) is 0. The average Bonchev–Trinajstić information content (AvgIpc) is 2.59. The molecule has 0 atom stereocenters. The Morgan fingerprint density at radius 3 is 2.62 bits per heavy atom. The van der Waals surface area contributed by atoms with Crippen LogP contribution < -0.4 is 5.01 Å². The first-order chi connectivity index (χ1) is 7.36. The van der Waals surface area contributed by atoms with Crippen LogP contribution in [0.15, 0.2) is 23.2 Å². The summed E-state index contributed by atoms with van der Waals surface area (Å²) < 4.78 is 24.3. The minimum Gasteiger partial charge on any atom is -0.319 e. The van der Waals surface area contributed by atoms with E-state index in [9.17, 15) is 8.42 Å². The summed E-state index contributed by atoms with van der Waals surface area (Å²) in [5.74, 6) is 0. The van der Waals surface area contributed by atoms with E-state index in [0.717, 1.165) is 6.26 Å². The summed E-state index contributed by atoms with van der Waals surface area (Å²) in [7, 11) is 0.181. The molecule has 16 heavy (non-hydrogen) atoms. The Balaban J connectivity index is 3.27. The van der Waals surface area contributed by atoms with Gasteiger partial charge >= 0.3 is 0 Å². The molecule has 86 valence electrons. The summed E-state index contributed by atoms with van der Waals surface area (Å²) in [6.45, 7) is 0. The van der Waals surface area contributed by atoms with E-state index in [1.807, 2.05) is 14.1 Å². The number of nitrogens with zero attached hydrogens (tertiary/aromatic N) is 3. The van der Waals surface area contributed by atoms with Gasteiger partial charge in [-0.15, -0.1) is 0 Å². The summed E-state index contributed by atoms with van der Waals surface area (Å²) in [5, 5.41) is 10.6. The zero-order chi connectivity index (χ0) is 12.3. The predicted octanol–water partition coefficient (Wildman–Crippen LogP) is 0.595. The molecular weight excluding hydrogens is 226 g/mol. The third kappa shape index (κ3) is 2.64. The minimum atomic E-state index is -3.47. The van der Waals surface area contributed by atoms with Crippen molar-refractivity contribution in [2.45, 2.75) is 0 Å². The van der Waals surface area contributed by atoms with Crippen LogP contribution in [-0.2, 0) is 9.84 Å². The fourth-order valence-corrected chi connectivity index (χ4v) is 1.72. The molecule has 1 aromatic heterocycles. The maximum Gasteiger partial charge on any atom is 0.185 e. The first kappa shape index (κ1) is 12.3. The zero-order valence-corrected chi connectivity index (χ0v) is 10.2. The molecule has 0 aromatic carbocycles. The molecule has 0 amide bonds. The van der Waals surface area contributed by atoms with E-state index < -0.39 is 9.84 Å². The van der Waals surface area contributed by atoms with E-state index in [2.05, 4.69) is 0 Å². The maximum absolute atomic E-state index is 11.3. The monoisotopic (exact) mass is 239 g/mol. The van der Waals surface area contributed by atoms with E-state index in [-0.39, 0.29) is 4.91 Å². The van der Waals surface area contributed by atoms with Gasteiger partial charge in [0.2, 0.25) is 0 Å². The van der Waals surface area contributed by atoms with E-state index in [0.29, 0.717) is 5.69 Å². The van der Waals surface area contributed by atoms with Gasteiger partial charge in [0.05, 0.1) is 5.69 Å². The Kier molecular flexibility index (Phi) is 3.40. The van der Waals surface area contributed by atoms with E-state index >= 15 is 0 Å². The Morgan fingerprint density at radius 2 is 2.19 bits per heavy atom.